The number of ether oxygens (including phenoxy) is 1. The number of nitrogens with zero attached hydrogens (tertiary/aromatic N) is 2. The predicted molar refractivity (Wildman–Crippen MR) is 157 cm³/mol. The van der Waals surface area contributed by atoms with Crippen LogP contribution in [0.25, 0.3) is 17.4 Å². The number of esters is 1. The van der Waals surface area contributed by atoms with Gasteiger partial charge in [0.05, 0.1) is 31.9 Å². The van der Waals surface area contributed by atoms with E-state index >= 15 is 0 Å². The molecule has 6 nitrogen and oxygen atoms in total. The molecule has 10 heteroatoms. The number of hydrogen-bond donors (Lipinski definition) is 0. The molecule has 39 heavy (non-hydrogen) atoms. The van der Waals surface area contributed by atoms with E-state index in [9.17, 15) is 9.59 Å². The summed E-state index contributed by atoms with van der Waals surface area (Å²) in [5, 5.41) is 0.807. The highest BCUT2D eigenvalue weighted by molar-refractivity contribution is 7.98. The molecule has 2 aromatic carbocycles. The summed E-state index contributed by atoms with van der Waals surface area (Å²) in [4.78, 5) is 33.1. The van der Waals surface area contributed by atoms with Crippen LogP contribution < -0.4 is 14.9 Å². The van der Waals surface area contributed by atoms with Gasteiger partial charge >= 0.3 is 5.97 Å². The van der Waals surface area contributed by atoms with Gasteiger partial charge in [-0.3, -0.25) is 9.36 Å². The largest absolute Gasteiger partial charge is 0.458 e. The number of thiazole rings is 1. The van der Waals surface area contributed by atoms with E-state index in [2.05, 4.69) is 11.6 Å². The van der Waals surface area contributed by atoms with E-state index in [0.29, 0.717) is 47.7 Å². The number of hydrogen-bond acceptors (Lipinski definition) is 7. The quantitative estimate of drug-likeness (QED) is 0.143. The van der Waals surface area contributed by atoms with Crippen molar-refractivity contribution in [1.82, 2.24) is 4.57 Å². The first-order chi connectivity index (χ1) is 18.8. The maximum Gasteiger partial charge on any atom is 0.338 e. The molecule has 1 aliphatic rings. The Balaban J connectivity index is 1.63. The van der Waals surface area contributed by atoms with E-state index in [1.807, 2.05) is 36.6 Å². The SMILES string of the molecule is C=CCOC(=O)C1=C(C)N=c2sc(=Cc3ccc(-c4cccc(Cl)c4Cl)o3)c(=O)n2C1c1ccc(SC)cc1. The van der Waals surface area contributed by atoms with Crippen molar-refractivity contribution in [3.8, 4) is 11.3 Å². The van der Waals surface area contributed by atoms with Gasteiger partial charge in [-0.15, -0.1) is 11.8 Å². The molecule has 0 bridgehead atoms. The van der Waals surface area contributed by atoms with Gasteiger partial charge in [0.15, 0.2) is 4.80 Å². The number of thioether (sulfide) groups is 1. The molecule has 1 atom stereocenters. The van der Waals surface area contributed by atoms with Gasteiger partial charge in [-0.1, -0.05) is 65.4 Å². The van der Waals surface area contributed by atoms with Crippen LogP contribution in [0, 0.1) is 0 Å². The maximum absolute atomic E-state index is 13.8. The Morgan fingerprint density at radius 1 is 1.21 bits per heavy atom. The first kappa shape index (κ1) is 27.3. The highest BCUT2D eigenvalue weighted by Crippen LogP contribution is 2.35. The molecule has 1 unspecified atom stereocenters. The van der Waals surface area contributed by atoms with Gasteiger partial charge in [-0.25, -0.2) is 9.79 Å². The average molecular weight is 598 g/mol. The highest BCUT2D eigenvalue weighted by Gasteiger charge is 2.33. The Morgan fingerprint density at radius 2 is 1.97 bits per heavy atom. The summed E-state index contributed by atoms with van der Waals surface area (Å²) in [7, 11) is 0. The average Bonchev–Trinajstić information content (AvgIpc) is 3.52. The second-order valence-corrected chi connectivity index (χ2v) is 11.2. The van der Waals surface area contributed by atoms with Crippen molar-refractivity contribution in [2.24, 2.45) is 4.99 Å². The summed E-state index contributed by atoms with van der Waals surface area (Å²) in [5.74, 6) is 0.448. The van der Waals surface area contributed by atoms with E-state index < -0.39 is 12.0 Å². The normalized spacial score (nSPS) is 15.2. The first-order valence-corrected chi connectivity index (χ1v) is 14.6. The molecule has 0 amide bonds. The van der Waals surface area contributed by atoms with Gasteiger partial charge in [0, 0.05) is 16.5 Å². The summed E-state index contributed by atoms with van der Waals surface area (Å²) in [6.45, 7) is 5.42. The molecule has 0 aliphatic carbocycles. The van der Waals surface area contributed by atoms with Crippen LogP contribution in [0.15, 0.2) is 97.6 Å². The van der Waals surface area contributed by atoms with E-state index in [1.54, 1.807) is 53.6 Å². The fourth-order valence-corrected chi connectivity index (χ4v) is 6.12. The van der Waals surface area contributed by atoms with Crippen LogP contribution in [0.5, 0.6) is 0 Å². The molecule has 3 heterocycles. The molecule has 1 aliphatic heterocycles. The van der Waals surface area contributed by atoms with E-state index in [0.717, 1.165) is 10.5 Å². The Kier molecular flexibility index (Phi) is 8.00. The zero-order chi connectivity index (χ0) is 27.7. The van der Waals surface area contributed by atoms with Crippen LogP contribution in [0.4, 0.5) is 0 Å². The molecule has 0 N–H and O–H groups in total. The Bertz CT molecular complexity index is 1800. The minimum atomic E-state index is -0.700. The zero-order valence-corrected chi connectivity index (χ0v) is 24.1. The van der Waals surface area contributed by atoms with Gasteiger partial charge < -0.3 is 9.15 Å². The van der Waals surface area contributed by atoms with Crippen molar-refractivity contribution in [2.45, 2.75) is 17.9 Å². The summed E-state index contributed by atoms with van der Waals surface area (Å²) >= 11 is 15.3. The number of rotatable bonds is 7. The van der Waals surface area contributed by atoms with Gasteiger partial charge in [-0.2, -0.15) is 0 Å². The van der Waals surface area contributed by atoms with Crippen molar-refractivity contribution in [3.05, 3.63) is 120 Å². The molecule has 0 radical (unpaired) electrons. The second-order valence-electron chi connectivity index (χ2n) is 8.55. The third-order valence-electron chi connectivity index (χ3n) is 6.12. The summed E-state index contributed by atoms with van der Waals surface area (Å²) in [6.07, 6.45) is 5.15. The lowest BCUT2D eigenvalue weighted by Crippen LogP contribution is -2.39. The fourth-order valence-electron chi connectivity index (χ4n) is 4.30. The number of allylic oxidation sites excluding steroid dienone is 1. The minimum absolute atomic E-state index is 0.0512. The number of carbonyl (C=O) groups excluding carboxylic acids is 1. The fraction of sp³-hybridized carbons (Fsp3) is 0.138. The lowest BCUT2D eigenvalue weighted by Gasteiger charge is -2.24. The van der Waals surface area contributed by atoms with Crippen molar-refractivity contribution >= 4 is 58.3 Å². The molecule has 2 aromatic heterocycles. The topological polar surface area (TPSA) is 73.8 Å². The lowest BCUT2D eigenvalue weighted by molar-refractivity contribution is -0.138. The van der Waals surface area contributed by atoms with E-state index in [-0.39, 0.29) is 12.2 Å². The Morgan fingerprint density at radius 3 is 2.69 bits per heavy atom. The molecule has 198 valence electrons. The minimum Gasteiger partial charge on any atom is -0.458 e. The lowest BCUT2D eigenvalue weighted by atomic mass is 9.96. The molecule has 5 rings (SSSR count). The maximum atomic E-state index is 13.8. The van der Waals surface area contributed by atoms with Crippen LogP contribution in [0.1, 0.15) is 24.3 Å². The highest BCUT2D eigenvalue weighted by atomic mass is 35.5. The van der Waals surface area contributed by atoms with Gasteiger partial charge in [-0.05, 0) is 55.1 Å². The van der Waals surface area contributed by atoms with Crippen LogP contribution in [-0.4, -0.2) is 23.4 Å². The van der Waals surface area contributed by atoms with Crippen molar-refractivity contribution in [3.63, 3.8) is 0 Å². The van der Waals surface area contributed by atoms with Crippen molar-refractivity contribution in [2.75, 3.05) is 12.9 Å². The predicted octanol–water partition coefficient (Wildman–Crippen LogP) is 6.25. The number of benzene rings is 2. The van der Waals surface area contributed by atoms with Crippen molar-refractivity contribution in [1.29, 1.82) is 0 Å². The van der Waals surface area contributed by atoms with E-state index in [4.69, 9.17) is 32.4 Å². The Hall–Kier alpha value is -3.30. The standard InChI is InChI=1S/C29H22Cl2N2O4S2/c1-4-14-36-28(35)24-16(2)32-29-33(26(24)17-8-11-19(38-3)12-9-17)27(34)23(39-29)15-18-10-13-22(37-18)20-6-5-7-21(30)25(20)31/h4-13,15,26H,1,14H2,2-3H3. The summed E-state index contributed by atoms with van der Waals surface area (Å²) in [6, 6.07) is 15.9. The summed E-state index contributed by atoms with van der Waals surface area (Å²) < 4.78 is 13.3. The number of halogens is 2. The summed E-state index contributed by atoms with van der Waals surface area (Å²) in [5.41, 5.74) is 1.93. The molecule has 4 aromatic rings. The third kappa shape index (κ3) is 5.30. The molecule has 0 saturated heterocycles. The van der Waals surface area contributed by atoms with Crippen LogP contribution in [0.3, 0.4) is 0 Å². The number of carbonyl (C=O) groups is 1. The third-order valence-corrected chi connectivity index (χ3v) is 8.67. The smallest absolute Gasteiger partial charge is 0.338 e. The molecule has 0 saturated carbocycles. The van der Waals surface area contributed by atoms with Crippen molar-refractivity contribution < 1.29 is 13.9 Å². The zero-order valence-electron chi connectivity index (χ0n) is 20.9. The molecular weight excluding hydrogens is 575 g/mol. The number of aromatic nitrogens is 1. The first-order valence-electron chi connectivity index (χ1n) is 11.8. The van der Waals surface area contributed by atoms with Crippen LogP contribution in [0.2, 0.25) is 10.0 Å². The van der Waals surface area contributed by atoms with Crippen LogP contribution in [-0.2, 0) is 9.53 Å². The molecular formula is C29H22Cl2N2O4S2. The van der Waals surface area contributed by atoms with Crippen LogP contribution >= 0.6 is 46.3 Å². The van der Waals surface area contributed by atoms with E-state index in [1.165, 1.54) is 17.4 Å². The molecule has 0 spiro atoms. The molecule has 0 fully saturated rings. The van der Waals surface area contributed by atoms with Gasteiger partial charge in [0.2, 0.25) is 0 Å². The number of furan rings is 1. The van der Waals surface area contributed by atoms with Gasteiger partial charge in [0.25, 0.3) is 5.56 Å². The second kappa shape index (κ2) is 11.4. The Labute approximate surface area is 242 Å². The van der Waals surface area contributed by atoms with Gasteiger partial charge in [0.1, 0.15) is 18.1 Å². The monoisotopic (exact) mass is 596 g/mol. The number of fused-ring (bicyclic) bond motifs is 1.